The SMILES string of the molecule is O=C(c1sccc1Br)N1CCC(NCC2CC2)CC1. The van der Waals surface area contributed by atoms with Crippen LogP contribution in [0.5, 0.6) is 0 Å². The molecule has 1 saturated carbocycles. The predicted molar refractivity (Wildman–Crippen MR) is 81.7 cm³/mol. The second-order valence-electron chi connectivity index (χ2n) is 5.52. The molecule has 1 N–H and O–H groups in total. The van der Waals surface area contributed by atoms with Gasteiger partial charge < -0.3 is 10.2 Å². The molecule has 3 nitrogen and oxygen atoms in total. The van der Waals surface area contributed by atoms with E-state index in [2.05, 4.69) is 21.2 Å². The van der Waals surface area contributed by atoms with E-state index in [0.717, 1.165) is 41.2 Å². The average Bonchev–Trinajstić information content (AvgIpc) is 3.17. The maximum Gasteiger partial charge on any atom is 0.265 e. The zero-order valence-corrected chi connectivity index (χ0v) is 13.3. The Morgan fingerprint density at radius 1 is 1.37 bits per heavy atom. The topological polar surface area (TPSA) is 32.3 Å². The maximum absolute atomic E-state index is 12.4. The third kappa shape index (κ3) is 3.38. The van der Waals surface area contributed by atoms with Crippen LogP contribution in [-0.2, 0) is 0 Å². The number of thiophene rings is 1. The summed E-state index contributed by atoms with van der Waals surface area (Å²) in [5.41, 5.74) is 0. The zero-order valence-electron chi connectivity index (χ0n) is 10.9. The Morgan fingerprint density at radius 2 is 2.11 bits per heavy atom. The Morgan fingerprint density at radius 3 is 2.68 bits per heavy atom. The number of likely N-dealkylation sites (tertiary alicyclic amines) is 1. The van der Waals surface area contributed by atoms with Crippen LogP contribution in [0.3, 0.4) is 0 Å². The van der Waals surface area contributed by atoms with Gasteiger partial charge in [0.1, 0.15) is 4.88 Å². The lowest BCUT2D eigenvalue weighted by atomic mass is 10.0. The number of amides is 1. The molecule has 0 atom stereocenters. The minimum atomic E-state index is 0.183. The van der Waals surface area contributed by atoms with Gasteiger partial charge in [0.05, 0.1) is 0 Å². The Balaban J connectivity index is 1.49. The highest BCUT2D eigenvalue weighted by Gasteiger charge is 2.27. The van der Waals surface area contributed by atoms with Gasteiger partial charge in [0, 0.05) is 23.6 Å². The van der Waals surface area contributed by atoms with Crippen molar-refractivity contribution in [3.05, 3.63) is 20.8 Å². The van der Waals surface area contributed by atoms with Gasteiger partial charge in [-0.05, 0) is 65.5 Å². The zero-order chi connectivity index (χ0) is 13.2. The molecule has 104 valence electrons. The van der Waals surface area contributed by atoms with Crippen LogP contribution < -0.4 is 5.32 Å². The van der Waals surface area contributed by atoms with Crippen molar-refractivity contribution in [1.29, 1.82) is 0 Å². The van der Waals surface area contributed by atoms with Crippen molar-refractivity contribution < 1.29 is 4.79 Å². The molecule has 0 radical (unpaired) electrons. The molecular weight excluding hydrogens is 324 g/mol. The Labute approximate surface area is 126 Å². The highest BCUT2D eigenvalue weighted by Crippen LogP contribution is 2.28. The van der Waals surface area contributed by atoms with E-state index in [1.165, 1.54) is 30.7 Å². The molecule has 1 aliphatic heterocycles. The first kappa shape index (κ1) is 13.6. The summed E-state index contributed by atoms with van der Waals surface area (Å²) in [4.78, 5) is 15.2. The minimum absolute atomic E-state index is 0.183. The Kier molecular flexibility index (Phi) is 4.24. The molecule has 2 aliphatic rings. The lowest BCUT2D eigenvalue weighted by Gasteiger charge is -2.32. The molecular formula is C14H19BrN2OS. The average molecular weight is 343 g/mol. The van der Waals surface area contributed by atoms with Crippen LogP contribution in [0.2, 0.25) is 0 Å². The number of nitrogens with zero attached hydrogens (tertiary/aromatic N) is 1. The highest BCUT2D eigenvalue weighted by atomic mass is 79.9. The van der Waals surface area contributed by atoms with Gasteiger partial charge in [0.2, 0.25) is 0 Å². The number of nitrogens with one attached hydrogen (secondary N) is 1. The number of hydrogen-bond donors (Lipinski definition) is 1. The third-order valence-corrected chi connectivity index (χ3v) is 5.81. The molecule has 0 unspecified atom stereocenters. The van der Waals surface area contributed by atoms with Gasteiger partial charge in [0.15, 0.2) is 0 Å². The monoisotopic (exact) mass is 342 g/mol. The van der Waals surface area contributed by atoms with Crippen molar-refractivity contribution in [1.82, 2.24) is 10.2 Å². The first-order valence-electron chi connectivity index (χ1n) is 6.99. The molecule has 0 bridgehead atoms. The number of hydrogen-bond acceptors (Lipinski definition) is 3. The molecule has 0 aromatic carbocycles. The molecule has 1 aromatic heterocycles. The summed E-state index contributed by atoms with van der Waals surface area (Å²) in [6.45, 7) is 2.94. The largest absolute Gasteiger partial charge is 0.338 e. The number of carbonyl (C=O) groups excluding carboxylic acids is 1. The van der Waals surface area contributed by atoms with E-state index >= 15 is 0 Å². The van der Waals surface area contributed by atoms with E-state index in [1.807, 2.05) is 16.3 Å². The summed E-state index contributed by atoms with van der Waals surface area (Å²) in [7, 11) is 0. The van der Waals surface area contributed by atoms with Gasteiger partial charge in [-0.25, -0.2) is 0 Å². The molecule has 0 spiro atoms. The second kappa shape index (κ2) is 5.94. The Bertz CT molecular complexity index is 450. The van der Waals surface area contributed by atoms with E-state index in [1.54, 1.807) is 0 Å². The lowest BCUT2D eigenvalue weighted by molar-refractivity contribution is 0.0709. The van der Waals surface area contributed by atoms with Crippen molar-refractivity contribution in [2.24, 2.45) is 5.92 Å². The van der Waals surface area contributed by atoms with Crippen LogP contribution in [-0.4, -0.2) is 36.5 Å². The van der Waals surface area contributed by atoms with Crippen LogP contribution in [0.25, 0.3) is 0 Å². The maximum atomic E-state index is 12.4. The van der Waals surface area contributed by atoms with Gasteiger partial charge in [-0.2, -0.15) is 0 Å². The molecule has 1 saturated heterocycles. The molecule has 2 heterocycles. The van der Waals surface area contributed by atoms with Crippen molar-refractivity contribution in [3.63, 3.8) is 0 Å². The quantitative estimate of drug-likeness (QED) is 0.911. The molecule has 2 fully saturated rings. The number of halogens is 1. The van der Waals surface area contributed by atoms with Crippen LogP contribution >= 0.6 is 27.3 Å². The molecule has 3 rings (SSSR count). The fraction of sp³-hybridized carbons (Fsp3) is 0.643. The van der Waals surface area contributed by atoms with E-state index < -0.39 is 0 Å². The molecule has 1 aromatic rings. The normalized spacial score (nSPS) is 20.8. The van der Waals surface area contributed by atoms with Gasteiger partial charge in [-0.15, -0.1) is 11.3 Å². The summed E-state index contributed by atoms with van der Waals surface area (Å²) >= 11 is 4.96. The predicted octanol–water partition coefficient (Wildman–Crippen LogP) is 3.11. The second-order valence-corrected chi connectivity index (χ2v) is 7.29. The summed E-state index contributed by atoms with van der Waals surface area (Å²) in [6, 6.07) is 2.55. The van der Waals surface area contributed by atoms with Crippen LogP contribution in [0, 0.1) is 5.92 Å². The minimum Gasteiger partial charge on any atom is -0.338 e. The fourth-order valence-electron chi connectivity index (χ4n) is 2.53. The summed E-state index contributed by atoms with van der Waals surface area (Å²) in [6.07, 6.45) is 4.97. The summed E-state index contributed by atoms with van der Waals surface area (Å²) in [5, 5.41) is 5.60. The standard InChI is InChI=1S/C14H19BrN2OS/c15-12-5-8-19-13(12)14(18)17-6-3-11(4-7-17)16-9-10-1-2-10/h5,8,10-11,16H,1-4,6-7,9H2. The molecule has 1 amide bonds. The number of piperidine rings is 1. The summed E-state index contributed by atoms with van der Waals surface area (Å²) in [5.74, 6) is 1.12. The van der Waals surface area contributed by atoms with Crippen molar-refractivity contribution >= 4 is 33.2 Å². The first-order chi connectivity index (χ1) is 9.24. The molecule has 19 heavy (non-hydrogen) atoms. The molecule has 5 heteroatoms. The van der Waals surface area contributed by atoms with Crippen LogP contribution in [0.4, 0.5) is 0 Å². The number of rotatable bonds is 4. The van der Waals surface area contributed by atoms with Crippen LogP contribution in [0.15, 0.2) is 15.9 Å². The van der Waals surface area contributed by atoms with Gasteiger partial charge in [0.25, 0.3) is 5.91 Å². The van der Waals surface area contributed by atoms with Gasteiger partial charge in [-0.3, -0.25) is 4.79 Å². The smallest absolute Gasteiger partial charge is 0.265 e. The van der Waals surface area contributed by atoms with Crippen molar-refractivity contribution in [3.8, 4) is 0 Å². The number of carbonyl (C=O) groups is 1. The van der Waals surface area contributed by atoms with Crippen molar-refractivity contribution in [2.75, 3.05) is 19.6 Å². The third-order valence-electron chi connectivity index (χ3n) is 3.99. The van der Waals surface area contributed by atoms with Gasteiger partial charge in [-0.1, -0.05) is 0 Å². The Hall–Kier alpha value is -0.390. The molecule has 1 aliphatic carbocycles. The van der Waals surface area contributed by atoms with E-state index in [0.29, 0.717) is 6.04 Å². The van der Waals surface area contributed by atoms with E-state index in [9.17, 15) is 4.79 Å². The van der Waals surface area contributed by atoms with Crippen LogP contribution in [0.1, 0.15) is 35.4 Å². The lowest BCUT2D eigenvalue weighted by Crippen LogP contribution is -2.45. The fourth-order valence-corrected chi connectivity index (χ4v) is 4.04. The first-order valence-corrected chi connectivity index (χ1v) is 8.67. The van der Waals surface area contributed by atoms with E-state index in [4.69, 9.17) is 0 Å². The van der Waals surface area contributed by atoms with Gasteiger partial charge >= 0.3 is 0 Å². The van der Waals surface area contributed by atoms with E-state index in [-0.39, 0.29) is 5.91 Å². The van der Waals surface area contributed by atoms with Crippen molar-refractivity contribution in [2.45, 2.75) is 31.7 Å². The highest BCUT2D eigenvalue weighted by molar-refractivity contribution is 9.10. The summed E-state index contributed by atoms with van der Waals surface area (Å²) < 4.78 is 0.927.